The summed E-state index contributed by atoms with van der Waals surface area (Å²) < 4.78 is 0. The summed E-state index contributed by atoms with van der Waals surface area (Å²) in [5.41, 5.74) is 3.25. The van der Waals surface area contributed by atoms with Crippen molar-refractivity contribution in [2.45, 2.75) is 39.7 Å². The SMILES string of the molecule is C/C=C/C(=O)N(Cc1ccccc1)c1ccccc1C(C)(C)C. The molecule has 0 aliphatic heterocycles. The summed E-state index contributed by atoms with van der Waals surface area (Å²) in [6.45, 7) is 8.96. The van der Waals surface area contributed by atoms with Crippen LogP contribution in [0.2, 0.25) is 0 Å². The van der Waals surface area contributed by atoms with Crippen LogP contribution in [0, 0.1) is 0 Å². The molecule has 0 saturated carbocycles. The van der Waals surface area contributed by atoms with Gasteiger partial charge in [0.15, 0.2) is 0 Å². The van der Waals surface area contributed by atoms with E-state index in [-0.39, 0.29) is 11.3 Å². The monoisotopic (exact) mass is 307 g/mol. The number of benzene rings is 2. The Hall–Kier alpha value is -2.35. The van der Waals surface area contributed by atoms with E-state index in [4.69, 9.17) is 0 Å². The Balaban J connectivity index is 2.48. The maximum atomic E-state index is 12.7. The molecule has 2 nitrogen and oxygen atoms in total. The third kappa shape index (κ3) is 4.32. The van der Waals surface area contributed by atoms with Gasteiger partial charge >= 0.3 is 0 Å². The Morgan fingerprint density at radius 1 is 1.00 bits per heavy atom. The van der Waals surface area contributed by atoms with Crippen LogP contribution in [0.25, 0.3) is 0 Å². The van der Waals surface area contributed by atoms with Crippen LogP contribution >= 0.6 is 0 Å². The number of carbonyl (C=O) groups is 1. The first kappa shape index (κ1) is 17.0. The molecule has 0 aromatic heterocycles. The summed E-state index contributed by atoms with van der Waals surface area (Å²) in [5, 5.41) is 0. The normalized spacial score (nSPS) is 11.7. The van der Waals surface area contributed by atoms with Gasteiger partial charge in [0.2, 0.25) is 0 Å². The summed E-state index contributed by atoms with van der Waals surface area (Å²) in [6.07, 6.45) is 3.42. The van der Waals surface area contributed by atoms with Gasteiger partial charge in [0.25, 0.3) is 5.91 Å². The first-order chi connectivity index (χ1) is 10.9. The topological polar surface area (TPSA) is 20.3 Å². The van der Waals surface area contributed by atoms with E-state index < -0.39 is 0 Å². The van der Waals surface area contributed by atoms with Gasteiger partial charge in [-0.05, 0) is 35.6 Å². The lowest BCUT2D eigenvalue weighted by Gasteiger charge is -2.29. The Kier molecular flexibility index (Phi) is 5.38. The molecule has 0 spiro atoms. The molecule has 0 aliphatic rings. The second-order valence-corrected chi connectivity index (χ2v) is 6.68. The molecule has 120 valence electrons. The highest BCUT2D eigenvalue weighted by molar-refractivity contribution is 6.01. The van der Waals surface area contributed by atoms with Gasteiger partial charge in [-0.25, -0.2) is 0 Å². The zero-order valence-corrected chi connectivity index (χ0v) is 14.4. The summed E-state index contributed by atoms with van der Waals surface area (Å²) in [4.78, 5) is 14.5. The summed E-state index contributed by atoms with van der Waals surface area (Å²) in [5.74, 6) is 0.00746. The molecule has 2 aromatic rings. The first-order valence-corrected chi connectivity index (χ1v) is 8.01. The van der Waals surface area contributed by atoms with Crippen molar-refractivity contribution in [2.24, 2.45) is 0 Å². The van der Waals surface area contributed by atoms with E-state index in [0.717, 1.165) is 11.3 Å². The van der Waals surface area contributed by atoms with Gasteiger partial charge in [0, 0.05) is 5.69 Å². The fourth-order valence-electron chi connectivity index (χ4n) is 2.62. The van der Waals surface area contributed by atoms with Crippen LogP contribution in [-0.4, -0.2) is 5.91 Å². The molecule has 0 unspecified atom stereocenters. The Morgan fingerprint density at radius 3 is 2.22 bits per heavy atom. The van der Waals surface area contributed by atoms with Crippen molar-refractivity contribution >= 4 is 11.6 Å². The highest BCUT2D eigenvalue weighted by Gasteiger charge is 2.23. The van der Waals surface area contributed by atoms with Crippen LogP contribution in [-0.2, 0) is 16.8 Å². The third-order valence-corrected chi connectivity index (χ3v) is 3.76. The van der Waals surface area contributed by atoms with Crippen molar-refractivity contribution in [1.29, 1.82) is 0 Å². The van der Waals surface area contributed by atoms with Crippen molar-refractivity contribution in [1.82, 2.24) is 0 Å². The average molecular weight is 307 g/mol. The Labute approximate surface area is 139 Å². The molecule has 0 radical (unpaired) electrons. The molecule has 0 bridgehead atoms. The average Bonchev–Trinajstić information content (AvgIpc) is 2.53. The molecule has 1 amide bonds. The van der Waals surface area contributed by atoms with Crippen molar-refractivity contribution in [3.63, 3.8) is 0 Å². The number of allylic oxidation sites excluding steroid dienone is 1. The van der Waals surface area contributed by atoms with Crippen LogP contribution < -0.4 is 4.90 Å². The maximum absolute atomic E-state index is 12.7. The number of para-hydroxylation sites is 1. The maximum Gasteiger partial charge on any atom is 0.250 e. The lowest BCUT2D eigenvalue weighted by molar-refractivity contribution is -0.114. The van der Waals surface area contributed by atoms with Gasteiger partial charge in [-0.2, -0.15) is 0 Å². The van der Waals surface area contributed by atoms with Gasteiger partial charge in [-0.15, -0.1) is 0 Å². The van der Waals surface area contributed by atoms with Gasteiger partial charge < -0.3 is 4.90 Å². The molecule has 0 atom stereocenters. The molecule has 0 N–H and O–H groups in total. The number of hydrogen-bond acceptors (Lipinski definition) is 1. The van der Waals surface area contributed by atoms with E-state index in [1.165, 1.54) is 5.56 Å². The van der Waals surface area contributed by atoms with E-state index in [9.17, 15) is 4.79 Å². The van der Waals surface area contributed by atoms with Gasteiger partial charge in [0.1, 0.15) is 0 Å². The Morgan fingerprint density at radius 2 is 1.61 bits per heavy atom. The van der Waals surface area contributed by atoms with Crippen molar-refractivity contribution < 1.29 is 4.79 Å². The fraction of sp³-hybridized carbons (Fsp3) is 0.286. The molecular weight excluding hydrogens is 282 g/mol. The van der Waals surface area contributed by atoms with Gasteiger partial charge in [0.05, 0.1) is 6.54 Å². The first-order valence-electron chi connectivity index (χ1n) is 8.01. The minimum absolute atomic E-state index is 0.00746. The number of amides is 1. The molecule has 0 heterocycles. The molecule has 2 heteroatoms. The molecule has 0 saturated heterocycles. The molecule has 23 heavy (non-hydrogen) atoms. The second-order valence-electron chi connectivity index (χ2n) is 6.68. The summed E-state index contributed by atoms with van der Waals surface area (Å²) >= 11 is 0. The molecule has 2 rings (SSSR count). The second kappa shape index (κ2) is 7.28. The van der Waals surface area contributed by atoms with E-state index in [2.05, 4.69) is 39.0 Å². The van der Waals surface area contributed by atoms with Gasteiger partial charge in [-0.3, -0.25) is 4.79 Å². The number of carbonyl (C=O) groups excluding carboxylic acids is 1. The quantitative estimate of drug-likeness (QED) is 0.720. The van der Waals surface area contributed by atoms with E-state index >= 15 is 0 Å². The number of anilines is 1. The minimum Gasteiger partial charge on any atom is -0.304 e. The smallest absolute Gasteiger partial charge is 0.250 e. The lowest BCUT2D eigenvalue weighted by Crippen LogP contribution is -2.31. The zero-order valence-electron chi connectivity index (χ0n) is 14.4. The zero-order chi connectivity index (χ0) is 16.9. The molecule has 0 fully saturated rings. The van der Waals surface area contributed by atoms with E-state index in [1.54, 1.807) is 12.2 Å². The van der Waals surface area contributed by atoms with E-state index in [1.807, 2.05) is 48.2 Å². The number of nitrogens with zero attached hydrogens (tertiary/aromatic N) is 1. The Bertz CT molecular complexity index is 680. The van der Waals surface area contributed by atoms with Crippen LogP contribution in [0.3, 0.4) is 0 Å². The molecule has 0 aliphatic carbocycles. The van der Waals surface area contributed by atoms with Crippen molar-refractivity contribution in [3.8, 4) is 0 Å². The standard InChI is InChI=1S/C21H25NO/c1-5-11-20(23)22(16-17-12-7-6-8-13-17)19-15-10-9-14-18(19)21(2,3)4/h5-15H,16H2,1-4H3/b11-5+. The number of hydrogen-bond donors (Lipinski definition) is 0. The predicted octanol–water partition coefficient (Wildman–Crippen LogP) is 5.09. The van der Waals surface area contributed by atoms with Crippen LogP contribution in [0.1, 0.15) is 38.8 Å². The number of rotatable bonds is 4. The largest absolute Gasteiger partial charge is 0.304 e. The lowest BCUT2D eigenvalue weighted by atomic mass is 9.85. The van der Waals surface area contributed by atoms with Crippen molar-refractivity contribution in [2.75, 3.05) is 4.90 Å². The summed E-state index contributed by atoms with van der Waals surface area (Å²) in [6, 6.07) is 18.3. The van der Waals surface area contributed by atoms with Gasteiger partial charge in [-0.1, -0.05) is 75.4 Å². The minimum atomic E-state index is -0.0261. The highest BCUT2D eigenvalue weighted by atomic mass is 16.2. The fourth-order valence-corrected chi connectivity index (χ4v) is 2.62. The van der Waals surface area contributed by atoms with Crippen LogP contribution in [0.4, 0.5) is 5.69 Å². The van der Waals surface area contributed by atoms with Crippen LogP contribution in [0.5, 0.6) is 0 Å². The predicted molar refractivity (Wildman–Crippen MR) is 97.6 cm³/mol. The van der Waals surface area contributed by atoms with Crippen molar-refractivity contribution in [3.05, 3.63) is 77.9 Å². The van der Waals surface area contributed by atoms with E-state index in [0.29, 0.717) is 6.54 Å². The highest BCUT2D eigenvalue weighted by Crippen LogP contribution is 2.32. The van der Waals surface area contributed by atoms with Crippen LogP contribution in [0.15, 0.2) is 66.7 Å². The molecule has 2 aromatic carbocycles. The molecular formula is C21H25NO. The summed E-state index contributed by atoms with van der Waals surface area (Å²) in [7, 11) is 0. The third-order valence-electron chi connectivity index (χ3n) is 3.76.